The van der Waals surface area contributed by atoms with Crippen LogP contribution in [0.25, 0.3) is 0 Å². The van der Waals surface area contributed by atoms with Gasteiger partial charge in [0.25, 0.3) is 0 Å². The van der Waals surface area contributed by atoms with E-state index in [1.165, 1.54) is 5.56 Å². The lowest BCUT2D eigenvalue weighted by atomic mass is 9.88. The van der Waals surface area contributed by atoms with Crippen molar-refractivity contribution in [3.8, 4) is 0 Å². The molecule has 2 rings (SSSR count). The lowest BCUT2D eigenvalue weighted by molar-refractivity contribution is 0.201. The highest BCUT2D eigenvalue weighted by Crippen LogP contribution is 2.27. The van der Waals surface area contributed by atoms with Gasteiger partial charge in [0.2, 0.25) is 0 Å². The van der Waals surface area contributed by atoms with Crippen molar-refractivity contribution in [3.63, 3.8) is 0 Å². The van der Waals surface area contributed by atoms with Crippen molar-refractivity contribution in [2.75, 3.05) is 0 Å². The Balaban J connectivity index is 2.15. The molecular formula is C12H14O. The van der Waals surface area contributed by atoms with Gasteiger partial charge in [-0.2, -0.15) is 0 Å². The maximum Gasteiger partial charge on any atom is 0.0721 e. The minimum atomic E-state index is -0.222. The van der Waals surface area contributed by atoms with Gasteiger partial charge in [-0.1, -0.05) is 42.5 Å². The van der Waals surface area contributed by atoms with Crippen molar-refractivity contribution >= 4 is 0 Å². The Morgan fingerprint density at radius 3 is 2.38 bits per heavy atom. The van der Waals surface area contributed by atoms with Gasteiger partial charge in [-0.3, -0.25) is 0 Å². The Bertz CT molecular complexity index is 289. The van der Waals surface area contributed by atoms with E-state index in [4.69, 9.17) is 0 Å². The summed E-state index contributed by atoms with van der Waals surface area (Å²) < 4.78 is 0. The number of allylic oxidation sites excluding steroid dienone is 1. The summed E-state index contributed by atoms with van der Waals surface area (Å²) in [4.78, 5) is 0. The highest BCUT2D eigenvalue weighted by Gasteiger charge is 2.14. The van der Waals surface area contributed by atoms with Gasteiger partial charge in [-0.15, -0.1) is 0 Å². The number of aliphatic hydroxyl groups excluding tert-OH is 1. The Labute approximate surface area is 78.7 Å². The first kappa shape index (κ1) is 8.52. The van der Waals surface area contributed by atoms with E-state index in [9.17, 15) is 5.11 Å². The largest absolute Gasteiger partial charge is 0.389 e. The van der Waals surface area contributed by atoms with Crippen molar-refractivity contribution in [2.24, 2.45) is 0 Å². The number of hydrogen-bond donors (Lipinski definition) is 1. The van der Waals surface area contributed by atoms with Gasteiger partial charge in [0.15, 0.2) is 0 Å². The third-order valence-corrected chi connectivity index (χ3v) is 2.57. The number of aliphatic hydroxyl groups is 1. The Morgan fingerprint density at radius 2 is 1.77 bits per heavy atom. The molecule has 1 aromatic carbocycles. The summed E-state index contributed by atoms with van der Waals surface area (Å²) in [5, 5.41) is 9.29. The van der Waals surface area contributed by atoms with Crippen LogP contribution in [0.3, 0.4) is 0 Å². The maximum atomic E-state index is 9.29. The second kappa shape index (κ2) is 3.75. The minimum Gasteiger partial charge on any atom is -0.389 e. The van der Waals surface area contributed by atoms with Crippen LogP contribution in [0, 0.1) is 0 Å². The quantitative estimate of drug-likeness (QED) is 0.648. The molecule has 1 aromatic rings. The van der Waals surface area contributed by atoms with Gasteiger partial charge in [0, 0.05) is 5.92 Å². The molecule has 1 N–H and O–H groups in total. The molecule has 0 amide bonds. The zero-order valence-corrected chi connectivity index (χ0v) is 7.56. The molecule has 1 aliphatic rings. The molecule has 1 heteroatoms. The second-order valence-electron chi connectivity index (χ2n) is 3.55. The average Bonchev–Trinajstić information content (AvgIpc) is 2.20. The van der Waals surface area contributed by atoms with Gasteiger partial charge in [0.05, 0.1) is 6.10 Å². The summed E-state index contributed by atoms with van der Waals surface area (Å²) in [6.45, 7) is 0. The minimum absolute atomic E-state index is 0.222. The summed E-state index contributed by atoms with van der Waals surface area (Å²) in [5.74, 6) is 0.504. The summed E-state index contributed by atoms with van der Waals surface area (Å²) in [5.41, 5.74) is 1.35. The number of hydrogen-bond acceptors (Lipinski definition) is 1. The fourth-order valence-corrected chi connectivity index (χ4v) is 1.78. The van der Waals surface area contributed by atoms with Crippen molar-refractivity contribution in [2.45, 2.75) is 24.9 Å². The second-order valence-corrected chi connectivity index (χ2v) is 3.55. The molecular weight excluding hydrogens is 160 g/mol. The third-order valence-electron chi connectivity index (χ3n) is 2.57. The molecule has 0 aromatic heterocycles. The van der Waals surface area contributed by atoms with Crippen molar-refractivity contribution < 1.29 is 5.11 Å². The van der Waals surface area contributed by atoms with Crippen molar-refractivity contribution in [3.05, 3.63) is 48.0 Å². The molecule has 0 bridgehead atoms. The van der Waals surface area contributed by atoms with Crippen LogP contribution in [0.4, 0.5) is 0 Å². The molecule has 0 heterocycles. The van der Waals surface area contributed by atoms with E-state index in [2.05, 4.69) is 30.3 Å². The molecule has 13 heavy (non-hydrogen) atoms. The standard InChI is InChI=1S/C12H14O/c13-12-8-6-11(7-9-12)10-4-2-1-3-5-10/h1-6,8,11-13H,7,9H2. The molecule has 0 saturated carbocycles. The molecule has 0 saturated heterocycles. The Kier molecular flexibility index (Phi) is 2.46. The maximum absolute atomic E-state index is 9.29. The van der Waals surface area contributed by atoms with E-state index in [1.807, 2.05) is 12.1 Å². The van der Waals surface area contributed by atoms with Crippen LogP contribution in [0.15, 0.2) is 42.5 Å². The first-order valence-corrected chi connectivity index (χ1v) is 4.77. The SMILES string of the molecule is OC1C=CC(c2ccccc2)CC1. The zero-order chi connectivity index (χ0) is 9.10. The van der Waals surface area contributed by atoms with E-state index in [0.29, 0.717) is 5.92 Å². The zero-order valence-electron chi connectivity index (χ0n) is 7.56. The van der Waals surface area contributed by atoms with E-state index in [0.717, 1.165) is 12.8 Å². The highest BCUT2D eigenvalue weighted by atomic mass is 16.3. The molecule has 2 unspecified atom stereocenters. The Morgan fingerprint density at radius 1 is 1.00 bits per heavy atom. The smallest absolute Gasteiger partial charge is 0.0721 e. The molecule has 0 fully saturated rings. The molecule has 2 atom stereocenters. The van der Waals surface area contributed by atoms with E-state index >= 15 is 0 Å². The van der Waals surface area contributed by atoms with Gasteiger partial charge >= 0.3 is 0 Å². The number of rotatable bonds is 1. The summed E-state index contributed by atoms with van der Waals surface area (Å²) in [7, 11) is 0. The van der Waals surface area contributed by atoms with Crippen LogP contribution in [0.2, 0.25) is 0 Å². The fraction of sp³-hybridized carbons (Fsp3) is 0.333. The molecule has 0 aliphatic heterocycles. The van der Waals surface area contributed by atoms with Crippen LogP contribution < -0.4 is 0 Å². The average molecular weight is 174 g/mol. The van der Waals surface area contributed by atoms with E-state index in [1.54, 1.807) is 0 Å². The molecule has 0 spiro atoms. The monoisotopic (exact) mass is 174 g/mol. The summed E-state index contributed by atoms with van der Waals surface area (Å²) >= 11 is 0. The van der Waals surface area contributed by atoms with Gasteiger partial charge in [-0.05, 0) is 18.4 Å². The van der Waals surface area contributed by atoms with Crippen molar-refractivity contribution in [1.29, 1.82) is 0 Å². The lowest BCUT2D eigenvalue weighted by Crippen LogP contribution is -2.10. The predicted molar refractivity (Wildman–Crippen MR) is 53.6 cm³/mol. The summed E-state index contributed by atoms with van der Waals surface area (Å²) in [6.07, 6.45) is 5.74. The number of benzene rings is 1. The van der Waals surface area contributed by atoms with Crippen LogP contribution in [0.1, 0.15) is 24.3 Å². The first-order chi connectivity index (χ1) is 6.36. The van der Waals surface area contributed by atoms with Gasteiger partial charge < -0.3 is 5.11 Å². The molecule has 1 nitrogen and oxygen atoms in total. The van der Waals surface area contributed by atoms with Crippen LogP contribution in [-0.2, 0) is 0 Å². The molecule has 1 aliphatic carbocycles. The Hall–Kier alpha value is -1.08. The topological polar surface area (TPSA) is 20.2 Å². The normalized spacial score (nSPS) is 27.5. The predicted octanol–water partition coefficient (Wildman–Crippen LogP) is 2.48. The molecule has 0 radical (unpaired) electrons. The highest BCUT2D eigenvalue weighted by molar-refractivity contribution is 5.25. The third kappa shape index (κ3) is 1.99. The van der Waals surface area contributed by atoms with Crippen LogP contribution >= 0.6 is 0 Å². The van der Waals surface area contributed by atoms with E-state index in [-0.39, 0.29) is 6.10 Å². The van der Waals surface area contributed by atoms with Gasteiger partial charge in [0.1, 0.15) is 0 Å². The van der Waals surface area contributed by atoms with Crippen LogP contribution in [-0.4, -0.2) is 11.2 Å². The van der Waals surface area contributed by atoms with Crippen LogP contribution in [0.5, 0.6) is 0 Å². The van der Waals surface area contributed by atoms with Crippen molar-refractivity contribution in [1.82, 2.24) is 0 Å². The summed E-state index contributed by atoms with van der Waals surface area (Å²) in [6, 6.07) is 10.5. The van der Waals surface area contributed by atoms with Gasteiger partial charge in [-0.25, -0.2) is 0 Å². The first-order valence-electron chi connectivity index (χ1n) is 4.77. The van der Waals surface area contributed by atoms with E-state index < -0.39 is 0 Å². The molecule has 68 valence electrons. The fourth-order valence-electron chi connectivity index (χ4n) is 1.78. The lowest BCUT2D eigenvalue weighted by Gasteiger charge is -2.19.